The summed E-state index contributed by atoms with van der Waals surface area (Å²) in [6.45, 7) is 0. The summed E-state index contributed by atoms with van der Waals surface area (Å²) in [6, 6.07) is 23.4. The van der Waals surface area contributed by atoms with Gasteiger partial charge in [-0.05, 0) is 36.4 Å². The molecular weight excluding hydrogens is 346 g/mol. The molecule has 0 amide bonds. The monoisotopic (exact) mass is 364 g/mol. The highest BCUT2D eigenvalue weighted by atomic mass is 32.2. The van der Waals surface area contributed by atoms with E-state index in [0.29, 0.717) is 5.69 Å². The molecule has 0 aliphatic heterocycles. The molecule has 4 aromatic rings. The van der Waals surface area contributed by atoms with Crippen molar-refractivity contribution in [3.05, 3.63) is 72.8 Å². The average Bonchev–Trinajstić information content (AvgIpc) is 2.62. The molecule has 26 heavy (non-hydrogen) atoms. The SMILES string of the molecule is CS(=O)(=O)Nc1ccc(Nc2c3ccccc3[nH+]c3ccccc23)cc1. The third-order valence-corrected chi connectivity index (χ3v) is 4.73. The zero-order chi connectivity index (χ0) is 18.1. The normalized spacial score (nSPS) is 11.6. The molecule has 130 valence electrons. The Labute approximate surface area is 151 Å². The molecule has 0 saturated heterocycles. The highest BCUT2D eigenvalue weighted by Gasteiger charge is 2.13. The van der Waals surface area contributed by atoms with Gasteiger partial charge in [-0.2, -0.15) is 0 Å². The number of hydrogen-bond acceptors (Lipinski definition) is 3. The van der Waals surface area contributed by atoms with Gasteiger partial charge in [0.05, 0.1) is 22.7 Å². The quantitative estimate of drug-likeness (QED) is 0.539. The molecule has 3 aromatic carbocycles. The molecule has 6 heteroatoms. The Morgan fingerprint density at radius 2 is 1.23 bits per heavy atom. The van der Waals surface area contributed by atoms with Crippen LogP contribution in [0.4, 0.5) is 17.1 Å². The number of para-hydroxylation sites is 2. The van der Waals surface area contributed by atoms with Gasteiger partial charge in [0.2, 0.25) is 21.1 Å². The van der Waals surface area contributed by atoms with Crippen molar-refractivity contribution < 1.29 is 13.4 Å². The molecule has 3 N–H and O–H groups in total. The average molecular weight is 364 g/mol. The molecule has 0 fully saturated rings. The zero-order valence-corrected chi connectivity index (χ0v) is 15.0. The lowest BCUT2D eigenvalue weighted by atomic mass is 10.1. The first-order chi connectivity index (χ1) is 12.5. The highest BCUT2D eigenvalue weighted by Crippen LogP contribution is 2.31. The number of benzene rings is 3. The van der Waals surface area contributed by atoms with Crippen LogP contribution in [0.1, 0.15) is 0 Å². The number of hydrogen-bond donors (Lipinski definition) is 2. The van der Waals surface area contributed by atoms with Crippen LogP contribution >= 0.6 is 0 Å². The van der Waals surface area contributed by atoms with Gasteiger partial charge in [0.1, 0.15) is 0 Å². The number of aromatic amines is 1. The largest absolute Gasteiger partial charge is 0.354 e. The van der Waals surface area contributed by atoms with E-state index in [2.05, 4.69) is 27.2 Å². The Balaban J connectivity index is 1.78. The van der Waals surface area contributed by atoms with Crippen molar-refractivity contribution in [2.75, 3.05) is 16.3 Å². The number of fused-ring (bicyclic) bond motifs is 2. The van der Waals surface area contributed by atoms with Crippen LogP contribution in [0.2, 0.25) is 0 Å². The molecule has 0 unspecified atom stereocenters. The van der Waals surface area contributed by atoms with Gasteiger partial charge in [0.25, 0.3) is 0 Å². The van der Waals surface area contributed by atoms with Gasteiger partial charge in [0, 0.05) is 23.5 Å². The first-order valence-corrected chi connectivity index (χ1v) is 10.1. The van der Waals surface area contributed by atoms with E-state index in [1.54, 1.807) is 12.1 Å². The Hall–Kier alpha value is -3.12. The van der Waals surface area contributed by atoms with E-state index in [1.807, 2.05) is 48.5 Å². The Bertz CT molecular complexity index is 1150. The summed E-state index contributed by atoms with van der Waals surface area (Å²) >= 11 is 0. The summed E-state index contributed by atoms with van der Waals surface area (Å²) < 4.78 is 25.1. The molecule has 0 spiro atoms. The Morgan fingerprint density at radius 1 is 0.731 bits per heavy atom. The van der Waals surface area contributed by atoms with Crippen molar-refractivity contribution in [1.29, 1.82) is 0 Å². The topological polar surface area (TPSA) is 72.3 Å². The number of sulfonamides is 1. The van der Waals surface area contributed by atoms with Crippen molar-refractivity contribution in [3.8, 4) is 0 Å². The number of pyridine rings is 1. The van der Waals surface area contributed by atoms with Crippen molar-refractivity contribution in [2.24, 2.45) is 0 Å². The van der Waals surface area contributed by atoms with Crippen LogP contribution in [0.25, 0.3) is 21.8 Å². The van der Waals surface area contributed by atoms with Crippen molar-refractivity contribution >= 4 is 48.9 Å². The standard InChI is InChI=1S/C20H17N3O2S/c1-26(24,25)23-15-12-10-14(11-13-15)21-20-16-6-2-4-8-18(16)22-19-9-5-3-7-17(19)20/h2-13,23H,1H3,(H,21,22)/p+1. The molecule has 0 atom stereocenters. The first kappa shape index (κ1) is 16.4. The summed E-state index contributed by atoms with van der Waals surface area (Å²) in [5, 5.41) is 5.66. The van der Waals surface area contributed by atoms with E-state index in [0.717, 1.165) is 39.4 Å². The third-order valence-electron chi connectivity index (χ3n) is 4.12. The summed E-state index contributed by atoms with van der Waals surface area (Å²) in [4.78, 5) is 3.45. The highest BCUT2D eigenvalue weighted by molar-refractivity contribution is 7.92. The predicted octanol–water partition coefficient (Wildman–Crippen LogP) is 3.92. The van der Waals surface area contributed by atoms with Gasteiger partial charge in [-0.25, -0.2) is 13.4 Å². The van der Waals surface area contributed by atoms with Crippen LogP contribution in [0.5, 0.6) is 0 Å². The minimum atomic E-state index is -3.28. The number of rotatable bonds is 4. The van der Waals surface area contributed by atoms with Gasteiger partial charge in [-0.3, -0.25) is 4.72 Å². The van der Waals surface area contributed by atoms with Crippen molar-refractivity contribution in [2.45, 2.75) is 0 Å². The van der Waals surface area contributed by atoms with Crippen molar-refractivity contribution in [3.63, 3.8) is 0 Å². The Morgan fingerprint density at radius 3 is 1.77 bits per heavy atom. The zero-order valence-electron chi connectivity index (χ0n) is 14.2. The van der Waals surface area contributed by atoms with Gasteiger partial charge >= 0.3 is 0 Å². The van der Waals surface area contributed by atoms with E-state index < -0.39 is 10.0 Å². The lowest BCUT2D eigenvalue weighted by Gasteiger charge is -2.11. The predicted molar refractivity (Wildman–Crippen MR) is 106 cm³/mol. The van der Waals surface area contributed by atoms with Crippen molar-refractivity contribution in [1.82, 2.24) is 0 Å². The second-order valence-electron chi connectivity index (χ2n) is 6.17. The second kappa shape index (κ2) is 6.31. The fourth-order valence-corrected chi connectivity index (χ4v) is 3.59. The summed E-state index contributed by atoms with van der Waals surface area (Å²) in [6.07, 6.45) is 1.14. The number of nitrogens with one attached hydrogen (secondary N) is 3. The number of aromatic nitrogens is 1. The van der Waals surface area contributed by atoms with E-state index in [4.69, 9.17) is 0 Å². The smallest absolute Gasteiger partial charge is 0.229 e. The molecule has 0 radical (unpaired) electrons. The first-order valence-electron chi connectivity index (χ1n) is 8.17. The third kappa shape index (κ3) is 3.32. The van der Waals surface area contributed by atoms with E-state index in [1.165, 1.54) is 0 Å². The minimum Gasteiger partial charge on any atom is -0.354 e. The van der Waals surface area contributed by atoms with E-state index in [9.17, 15) is 8.42 Å². The van der Waals surface area contributed by atoms with Gasteiger partial charge < -0.3 is 5.32 Å². The molecule has 4 rings (SSSR count). The van der Waals surface area contributed by atoms with Crippen LogP contribution in [0.3, 0.4) is 0 Å². The van der Waals surface area contributed by atoms with Gasteiger partial charge in [0.15, 0.2) is 0 Å². The number of H-pyrrole nitrogens is 1. The van der Waals surface area contributed by atoms with Gasteiger partial charge in [-0.15, -0.1) is 0 Å². The number of anilines is 3. The van der Waals surface area contributed by atoms with Crippen LogP contribution < -0.4 is 15.0 Å². The summed E-state index contributed by atoms with van der Waals surface area (Å²) in [7, 11) is -3.28. The van der Waals surface area contributed by atoms with Crippen LogP contribution in [-0.4, -0.2) is 14.7 Å². The molecule has 0 aliphatic rings. The van der Waals surface area contributed by atoms with Gasteiger partial charge in [-0.1, -0.05) is 24.3 Å². The Kier molecular flexibility index (Phi) is 3.97. The molecule has 0 aliphatic carbocycles. The molecule has 1 heterocycles. The van der Waals surface area contributed by atoms with Crippen LogP contribution in [0.15, 0.2) is 72.8 Å². The molecule has 0 saturated carbocycles. The van der Waals surface area contributed by atoms with E-state index in [-0.39, 0.29) is 0 Å². The molecule has 5 nitrogen and oxygen atoms in total. The maximum atomic E-state index is 11.3. The molecular formula is C20H18N3O2S+. The maximum Gasteiger partial charge on any atom is 0.229 e. The maximum absolute atomic E-state index is 11.3. The lowest BCUT2D eigenvalue weighted by Crippen LogP contribution is -2.09. The fraction of sp³-hybridized carbons (Fsp3) is 0.0500. The van der Waals surface area contributed by atoms with Crippen LogP contribution in [-0.2, 0) is 10.0 Å². The summed E-state index contributed by atoms with van der Waals surface area (Å²) in [5.74, 6) is 0. The second-order valence-corrected chi connectivity index (χ2v) is 7.92. The molecule has 1 aromatic heterocycles. The van der Waals surface area contributed by atoms with Crippen LogP contribution in [0, 0.1) is 0 Å². The molecule has 0 bridgehead atoms. The lowest BCUT2D eigenvalue weighted by molar-refractivity contribution is -0.310. The summed E-state index contributed by atoms with van der Waals surface area (Å²) in [5.41, 5.74) is 4.52. The fourth-order valence-electron chi connectivity index (χ4n) is 3.03. The minimum absolute atomic E-state index is 0.536. The van der Waals surface area contributed by atoms with E-state index >= 15 is 0 Å².